The Morgan fingerprint density at radius 3 is 2.76 bits per heavy atom. The van der Waals surface area contributed by atoms with Gasteiger partial charge in [-0.2, -0.15) is 0 Å². The molecule has 2 nitrogen and oxygen atoms in total. The molecule has 2 unspecified atom stereocenters. The van der Waals surface area contributed by atoms with Crippen molar-refractivity contribution in [1.82, 2.24) is 4.90 Å². The summed E-state index contributed by atoms with van der Waals surface area (Å²) >= 11 is 0. The number of nitrogens with zero attached hydrogens (tertiary/aromatic N) is 1. The average molecular weight is 228 g/mol. The van der Waals surface area contributed by atoms with Crippen LogP contribution in [0.4, 0.5) is 5.69 Å². The molecule has 2 fully saturated rings. The molecule has 2 heteroatoms. The van der Waals surface area contributed by atoms with Crippen LogP contribution in [-0.2, 0) is 5.41 Å². The molecule has 1 saturated heterocycles. The minimum absolute atomic E-state index is 0.368. The van der Waals surface area contributed by atoms with E-state index in [0.29, 0.717) is 5.41 Å². The van der Waals surface area contributed by atoms with E-state index in [1.807, 2.05) is 12.1 Å². The second-order valence-corrected chi connectivity index (χ2v) is 5.63. The van der Waals surface area contributed by atoms with Crippen molar-refractivity contribution in [1.29, 1.82) is 0 Å². The molecule has 2 aliphatic rings. The van der Waals surface area contributed by atoms with Gasteiger partial charge in [-0.25, -0.2) is 0 Å². The van der Waals surface area contributed by atoms with Crippen molar-refractivity contribution in [3.63, 3.8) is 0 Å². The van der Waals surface area contributed by atoms with Crippen LogP contribution in [0.3, 0.4) is 0 Å². The molecule has 3 rings (SSSR count). The SMILES string of the molecule is C=CCN1CC2C(C1)C2(C)c1cccc(N)c1. The lowest BCUT2D eigenvalue weighted by atomic mass is 9.92. The number of piperidine rings is 1. The molecule has 0 amide bonds. The van der Waals surface area contributed by atoms with Gasteiger partial charge in [-0.1, -0.05) is 25.1 Å². The molecule has 1 aliphatic heterocycles. The smallest absolute Gasteiger partial charge is 0.0316 e. The highest BCUT2D eigenvalue weighted by molar-refractivity contribution is 5.47. The maximum atomic E-state index is 5.88. The zero-order chi connectivity index (χ0) is 12.0. The molecule has 1 saturated carbocycles. The minimum atomic E-state index is 0.368. The Labute approximate surface area is 103 Å². The van der Waals surface area contributed by atoms with Gasteiger partial charge in [-0.15, -0.1) is 6.58 Å². The molecule has 0 bridgehead atoms. The quantitative estimate of drug-likeness (QED) is 0.635. The molecule has 1 heterocycles. The zero-order valence-electron chi connectivity index (χ0n) is 10.4. The van der Waals surface area contributed by atoms with Crippen LogP contribution in [0.1, 0.15) is 12.5 Å². The van der Waals surface area contributed by atoms with Crippen LogP contribution in [0, 0.1) is 11.8 Å². The number of anilines is 1. The van der Waals surface area contributed by atoms with Crippen LogP contribution >= 0.6 is 0 Å². The number of hydrogen-bond acceptors (Lipinski definition) is 2. The first-order valence-electron chi connectivity index (χ1n) is 6.35. The lowest BCUT2D eigenvalue weighted by molar-refractivity contribution is 0.304. The molecule has 1 aromatic rings. The van der Waals surface area contributed by atoms with Crippen LogP contribution in [0.15, 0.2) is 36.9 Å². The van der Waals surface area contributed by atoms with Crippen molar-refractivity contribution >= 4 is 5.69 Å². The molecule has 17 heavy (non-hydrogen) atoms. The lowest BCUT2D eigenvalue weighted by Crippen LogP contribution is -2.29. The molecule has 2 atom stereocenters. The normalized spacial score (nSPS) is 35.6. The van der Waals surface area contributed by atoms with Gasteiger partial charge in [-0.05, 0) is 29.5 Å². The third-order valence-electron chi connectivity index (χ3n) is 4.72. The van der Waals surface area contributed by atoms with Gasteiger partial charge >= 0.3 is 0 Å². The van der Waals surface area contributed by atoms with E-state index in [2.05, 4.69) is 36.6 Å². The van der Waals surface area contributed by atoms with Gasteiger partial charge < -0.3 is 5.73 Å². The van der Waals surface area contributed by atoms with Gasteiger partial charge in [0.25, 0.3) is 0 Å². The van der Waals surface area contributed by atoms with Gasteiger partial charge in [-0.3, -0.25) is 4.90 Å². The van der Waals surface area contributed by atoms with E-state index in [1.54, 1.807) is 0 Å². The molecular formula is C15H20N2. The van der Waals surface area contributed by atoms with Crippen LogP contribution in [0.25, 0.3) is 0 Å². The molecule has 90 valence electrons. The fraction of sp³-hybridized carbons (Fsp3) is 0.467. The Morgan fingerprint density at radius 1 is 1.47 bits per heavy atom. The largest absolute Gasteiger partial charge is 0.399 e. The Balaban J connectivity index is 1.78. The van der Waals surface area contributed by atoms with Crippen LogP contribution in [-0.4, -0.2) is 24.5 Å². The van der Waals surface area contributed by atoms with E-state index in [-0.39, 0.29) is 0 Å². The van der Waals surface area contributed by atoms with Gasteiger partial charge in [0.15, 0.2) is 0 Å². The van der Waals surface area contributed by atoms with Gasteiger partial charge in [0.2, 0.25) is 0 Å². The van der Waals surface area contributed by atoms with Crippen molar-refractivity contribution in [2.75, 3.05) is 25.4 Å². The van der Waals surface area contributed by atoms with Crippen LogP contribution < -0.4 is 5.73 Å². The van der Waals surface area contributed by atoms with Crippen molar-refractivity contribution in [3.05, 3.63) is 42.5 Å². The van der Waals surface area contributed by atoms with Crippen LogP contribution in [0.2, 0.25) is 0 Å². The lowest BCUT2D eigenvalue weighted by Gasteiger charge is -2.23. The molecule has 2 N–H and O–H groups in total. The van der Waals surface area contributed by atoms with Crippen molar-refractivity contribution in [3.8, 4) is 0 Å². The minimum Gasteiger partial charge on any atom is -0.399 e. The van der Waals surface area contributed by atoms with Gasteiger partial charge in [0.1, 0.15) is 0 Å². The second kappa shape index (κ2) is 3.61. The Morgan fingerprint density at radius 2 is 2.18 bits per heavy atom. The van der Waals surface area contributed by atoms with Crippen molar-refractivity contribution in [2.24, 2.45) is 11.8 Å². The molecule has 1 aromatic carbocycles. The predicted octanol–water partition coefficient (Wildman–Crippen LogP) is 2.27. The first kappa shape index (κ1) is 10.8. The fourth-order valence-electron chi connectivity index (χ4n) is 3.60. The number of fused-ring (bicyclic) bond motifs is 1. The molecule has 0 aromatic heterocycles. The summed E-state index contributed by atoms with van der Waals surface area (Å²) in [6.45, 7) is 9.65. The van der Waals surface area contributed by atoms with E-state index in [4.69, 9.17) is 5.73 Å². The molecule has 0 radical (unpaired) electrons. The predicted molar refractivity (Wildman–Crippen MR) is 71.8 cm³/mol. The van der Waals surface area contributed by atoms with Gasteiger partial charge in [0.05, 0.1) is 0 Å². The summed E-state index contributed by atoms with van der Waals surface area (Å²) in [5, 5.41) is 0. The number of rotatable bonds is 3. The summed E-state index contributed by atoms with van der Waals surface area (Å²) in [5.41, 5.74) is 8.56. The van der Waals surface area contributed by atoms with Crippen molar-refractivity contribution < 1.29 is 0 Å². The molecule has 0 spiro atoms. The summed E-state index contributed by atoms with van der Waals surface area (Å²) in [6, 6.07) is 8.42. The summed E-state index contributed by atoms with van der Waals surface area (Å²) in [5.74, 6) is 1.62. The highest BCUT2D eigenvalue weighted by Crippen LogP contribution is 2.63. The summed E-state index contributed by atoms with van der Waals surface area (Å²) < 4.78 is 0. The first-order valence-corrected chi connectivity index (χ1v) is 6.35. The molecule has 1 aliphatic carbocycles. The standard InChI is InChI=1S/C15H20N2/c1-3-7-17-9-13-14(10-17)15(13,2)11-5-4-6-12(16)8-11/h3-6,8,13-14H,1,7,9-10,16H2,2H3. The number of benzene rings is 1. The monoisotopic (exact) mass is 228 g/mol. The van der Waals surface area contributed by atoms with E-state index in [0.717, 1.165) is 24.1 Å². The second-order valence-electron chi connectivity index (χ2n) is 5.63. The Bertz CT molecular complexity index is 440. The zero-order valence-corrected chi connectivity index (χ0v) is 10.4. The maximum Gasteiger partial charge on any atom is 0.0316 e. The van der Waals surface area contributed by atoms with E-state index < -0.39 is 0 Å². The summed E-state index contributed by atoms with van der Waals surface area (Å²) in [6.07, 6.45) is 2.00. The molecular weight excluding hydrogens is 208 g/mol. The van der Waals surface area contributed by atoms with Gasteiger partial charge in [0, 0.05) is 30.7 Å². The Kier molecular flexibility index (Phi) is 2.30. The Hall–Kier alpha value is -1.28. The summed E-state index contributed by atoms with van der Waals surface area (Å²) in [4.78, 5) is 2.50. The van der Waals surface area contributed by atoms with E-state index in [1.165, 1.54) is 18.7 Å². The first-order chi connectivity index (χ1) is 8.16. The fourth-order valence-corrected chi connectivity index (χ4v) is 3.60. The topological polar surface area (TPSA) is 29.3 Å². The van der Waals surface area contributed by atoms with E-state index in [9.17, 15) is 0 Å². The summed E-state index contributed by atoms with van der Waals surface area (Å²) in [7, 11) is 0. The average Bonchev–Trinajstić information content (AvgIpc) is 2.71. The maximum absolute atomic E-state index is 5.88. The third-order valence-corrected chi connectivity index (χ3v) is 4.72. The van der Waals surface area contributed by atoms with Crippen molar-refractivity contribution in [2.45, 2.75) is 12.3 Å². The number of nitrogen functional groups attached to an aromatic ring is 1. The van der Waals surface area contributed by atoms with Crippen LogP contribution in [0.5, 0.6) is 0 Å². The van der Waals surface area contributed by atoms with E-state index >= 15 is 0 Å². The highest BCUT2D eigenvalue weighted by atomic mass is 15.2. The number of nitrogens with two attached hydrogens (primary N) is 1. The number of hydrogen-bond donors (Lipinski definition) is 1. The number of likely N-dealkylation sites (tertiary alicyclic amines) is 1. The highest BCUT2D eigenvalue weighted by Gasteiger charge is 2.65. The third kappa shape index (κ3) is 1.51.